The summed E-state index contributed by atoms with van der Waals surface area (Å²) in [5.74, 6) is -0.620. The van der Waals surface area contributed by atoms with Gasteiger partial charge in [-0.25, -0.2) is 14.6 Å². The van der Waals surface area contributed by atoms with E-state index in [-0.39, 0.29) is 6.03 Å². The van der Waals surface area contributed by atoms with Crippen LogP contribution in [0.2, 0.25) is 0 Å². The summed E-state index contributed by atoms with van der Waals surface area (Å²) in [5, 5.41) is 16.5. The average molecular weight is 307 g/mol. The van der Waals surface area contributed by atoms with Crippen LogP contribution in [0.5, 0.6) is 5.75 Å². The van der Waals surface area contributed by atoms with Crippen molar-refractivity contribution in [2.75, 3.05) is 11.9 Å². The molecule has 2 amide bonds. The smallest absolute Gasteiger partial charge is 0.341 e. The zero-order valence-corrected chi connectivity index (χ0v) is 11.7. The van der Waals surface area contributed by atoms with Gasteiger partial charge in [-0.3, -0.25) is 0 Å². The third kappa shape index (κ3) is 5.11. The molecule has 0 atom stereocenters. The summed E-state index contributed by atoms with van der Waals surface area (Å²) in [6, 6.07) is 6.07. The number of carbonyl (C=O) groups is 2. The van der Waals surface area contributed by atoms with Crippen molar-refractivity contribution in [1.29, 1.82) is 0 Å². The van der Waals surface area contributed by atoms with Gasteiger partial charge in [-0.1, -0.05) is 0 Å². The molecule has 1 aromatic heterocycles. The predicted molar refractivity (Wildman–Crippen MR) is 77.5 cm³/mol. The van der Waals surface area contributed by atoms with Crippen LogP contribution in [0.4, 0.5) is 10.5 Å². The minimum Gasteiger partial charge on any atom is -0.482 e. The summed E-state index contributed by atoms with van der Waals surface area (Å²) in [4.78, 5) is 26.1. The lowest BCUT2D eigenvalue weighted by atomic mass is 10.3. The van der Waals surface area contributed by atoms with Crippen LogP contribution in [-0.4, -0.2) is 28.7 Å². The second-order valence-electron chi connectivity index (χ2n) is 3.94. The molecule has 0 aliphatic carbocycles. The van der Waals surface area contributed by atoms with Gasteiger partial charge < -0.3 is 20.5 Å². The number of nitrogens with zero attached hydrogens (tertiary/aromatic N) is 1. The molecule has 0 aliphatic rings. The highest BCUT2D eigenvalue weighted by molar-refractivity contribution is 7.09. The van der Waals surface area contributed by atoms with Crippen LogP contribution in [0.25, 0.3) is 0 Å². The molecule has 110 valence electrons. The number of aromatic nitrogens is 1. The molecule has 0 aliphatic heterocycles. The number of nitrogens with one attached hydrogen (secondary N) is 2. The maximum atomic E-state index is 11.7. The SMILES string of the molecule is O=C(O)COc1ccc(NC(=O)NCc2nccs2)cc1. The summed E-state index contributed by atoms with van der Waals surface area (Å²) < 4.78 is 4.99. The van der Waals surface area contributed by atoms with E-state index in [2.05, 4.69) is 15.6 Å². The molecule has 0 saturated carbocycles. The van der Waals surface area contributed by atoms with Gasteiger partial charge >= 0.3 is 12.0 Å². The van der Waals surface area contributed by atoms with Crippen molar-refractivity contribution in [3.63, 3.8) is 0 Å². The summed E-state index contributed by atoms with van der Waals surface area (Å²) in [7, 11) is 0. The van der Waals surface area contributed by atoms with E-state index in [1.54, 1.807) is 30.5 Å². The molecule has 1 heterocycles. The van der Waals surface area contributed by atoms with Gasteiger partial charge in [-0.2, -0.15) is 0 Å². The molecule has 3 N–H and O–H groups in total. The number of carboxylic acid groups (broad SMARTS) is 1. The Hall–Kier alpha value is -2.61. The van der Waals surface area contributed by atoms with Gasteiger partial charge in [0.25, 0.3) is 0 Å². The normalized spacial score (nSPS) is 9.90. The fourth-order valence-corrected chi connectivity index (χ4v) is 2.01. The molecule has 0 unspecified atom stereocenters. The highest BCUT2D eigenvalue weighted by Gasteiger charge is 2.04. The van der Waals surface area contributed by atoms with Crippen LogP contribution in [0.3, 0.4) is 0 Å². The molecule has 0 radical (unpaired) electrons. The number of urea groups is 1. The summed E-state index contributed by atoms with van der Waals surface area (Å²) >= 11 is 1.46. The summed E-state index contributed by atoms with van der Waals surface area (Å²) in [5.41, 5.74) is 0.578. The number of carboxylic acids is 1. The fraction of sp³-hybridized carbons (Fsp3) is 0.154. The molecule has 0 spiro atoms. The van der Waals surface area contributed by atoms with Gasteiger partial charge in [0.05, 0.1) is 6.54 Å². The first-order valence-electron chi connectivity index (χ1n) is 6.01. The zero-order valence-electron chi connectivity index (χ0n) is 10.9. The zero-order chi connectivity index (χ0) is 15.1. The third-order valence-electron chi connectivity index (χ3n) is 2.36. The van der Waals surface area contributed by atoms with E-state index in [1.807, 2.05) is 5.38 Å². The molecule has 1 aromatic carbocycles. The van der Waals surface area contributed by atoms with Crippen molar-refractivity contribution in [3.05, 3.63) is 40.8 Å². The molecule has 21 heavy (non-hydrogen) atoms. The lowest BCUT2D eigenvalue weighted by Crippen LogP contribution is -2.28. The van der Waals surface area contributed by atoms with E-state index in [1.165, 1.54) is 11.3 Å². The number of ether oxygens (including phenoxy) is 1. The largest absolute Gasteiger partial charge is 0.482 e. The number of hydrogen-bond acceptors (Lipinski definition) is 5. The number of rotatable bonds is 6. The average Bonchev–Trinajstić information content (AvgIpc) is 2.98. The molecule has 0 fully saturated rings. The topological polar surface area (TPSA) is 101 Å². The molecule has 0 bridgehead atoms. The van der Waals surface area contributed by atoms with E-state index in [4.69, 9.17) is 9.84 Å². The van der Waals surface area contributed by atoms with E-state index in [0.717, 1.165) is 5.01 Å². The number of benzene rings is 1. The number of amides is 2. The third-order valence-corrected chi connectivity index (χ3v) is 3.14. The Balaban J connectivity index is 1.79. The van der Waals surface area contributed by atoms with Gasteiger partial charge in [0.1, 0.15) is 10.8 Å². The van der Waals surface area contributed by atoms with Crippen molar-refractivity contribution in [2.24, 2.45) is 0 Å². The van der Waals surface area contributed by atoms with Crippen LogP contribution in [0, 0.1) is 0 Å². The Labute approximate surface area is 124 Å². The number of hydrogen-bond donors (Lipinski definition) is 3. The minimum atomic E-state index is -1.04. The van der Waals surface area contributed by atoms with E-state index in [0.29, 0.717) is 18.0 Å². The summed E-state index contributed by atoms with van der Waals surface area (Å²) in [6.45, 7) is -0.0373. The van der Waals surface area contributed by atoms with Crippen molar-refractivity contribution in [3.8, 4) is 5.75 Å². The van der Waals surface area contributed by atoms with E-state index < -0.39 is 12.6 Å². The van der Waals surface area contributed by atoms with Crippen LogP contribution in [-0.2, 0) is 11.3 Å². The van der Waals surface area contributed by atoms with Crippen molar-refractivity contribution >= 4 is 29.0 Å². The van der Waals surface area contributed by atoms with Crippen LogP contribution >= 0.6 is 11.3 Å². The van der Waals surface area contributed by atoms with Crippen LogP contribution in [0.1, 0.15) is 5.01 Å². The maximum Gasteiger partial charge on any atom is 0.341 e. The van der Waals surface area contributed by atoms with Gasteiger partial charge in [0.2, 0.25) is 0 Å². The van der Waals surface area contributed by atoms with Crippen molar-refractivity contribution in [2.45, 2.75) is 6.54 Å². The number of thiazole rings is 1. The van der Waals surface area contributed by atoms with Crippen molar-refractivity contribution < 1.29 is 19.4 Å². The van der Waals surface area contributed by atoms with Crippen LogP contribution < -0.4 is 15.4 Å². The number of anilines is 1. The maximum absolute atomic E-state index is 11.7. The Bertz CT molecular complexity index is 598. The molecule has 0 saturated heterocycles. The Morgan fingerprint density at radius 3 is 2.67 bits per heavy atom. The second-order valence-corrected chi connectivity index (χ2v) is 4.92. The van der Waals surface area contributed by atoms with Gasteiger partial charge in [-0.15, -0.1) is 11.3 Å². The Kier molecular flexibility index (Phi) is 5.10. The lowest BCUT2D eigenvalue weighted by Gasteiger charge is -2.07. The van der Waals surface area contributed by atoms with Gasteiger partial charge in [-0.05, 0) is 24.3 Å². The van der Waals surface area contributed by atoms with E-state index >= 15 is 0 Å². The Morgan fingerprint density at radius 1 is 1.29 bits per heavy atom. The van der Waals surface area contributed by atoms with Gasteiger partial charge in [0, 0.05) is 17.3 Å². The lowest BCUT2D eigenvalue weighted by molar-refractivity contribution is -0.139. The molecule has 2 rings (SSSR count). The first kappa shape index (κ1) is 14.8. The minimum absolute atomic E-state index is 0.343. The highest BCUT2D eigenvalue weighted by Crippen LogP contribution is 2.15. The number of aliphatic carboxylic acids is 1. The van der Waals surface area contributed by atoms with Gasteiger partial charge in [0.15, 0.2) is 6.61 Å². The molecular weight excluding hydrogens is 294 g/mol. The second kappa shape index (κ2) is 7.25. The first-order valence-corrected chi connectivity index (χ1v) is 6.89. The first-order chi connectivity index (χ1) is 10.1. The fourth-order valence-electron chi connectivity index (χ4n) is 1.45. The number of carbonyl (C=O) groups excluding carboxylic acids is 1. The molecule has 8 heteroatoms. The quantitative estimate of drug-likeness (QED) is 0.757. The van der Waals surface area contributed by atoms with Crippen molar-refractivity contribution in [1.82, 2.24) is 10.3 Å². The Morgan fingerprint density at radius 2 is 2.05 bits per heavy atom. The molecule has 2 aromatic rings. The molecule has 7 nitrogen and oxygen atoms in total. The predicted octanol–water partition coefficient (Wildman–Crippen LogP) is 1.93. The highest BCUT2D eigenvalue weighted by atomic mass is 32.1. The molecular formula is C13H13N3O4S. The van der Waals surface area contributed by atoms with E-state index in [9.17, 15) is 9.59 Å². The van der Waals surface area contributed by atoms with Crippen LogP contribution in [0.15, 0.2) is 35.8 Å². The summed E-state index contributed by atoms with van der Waals surface area (Å²) in [6.07, 6.45) is 1.68. The standard InChI is InChI=1S/C13H13N3O4S/c17-12(18)8-20-10-3-1-9(2-4-10)16-13(19)15-7-11-14-5-6-21-11/h1-6H,7-8H2,(H,17,18)(H2,15,16,19). The monoisotopic (exact) mass is 307 g/mol.